The fourth-order valence-electron chi connectivity index (χ4n) is 3.73. The largest absolute Gasteiger partial charge is 0.0993 e. The molecule has 2 aliphatic carbocycles. The lowest BCUT2D eigenvalue weighted by atomic mass is 9.56. The first-order valence-electron chi connectivity index (χ1n) is 6.80. The molecule has 0 aliphatic heterocycles. The second kappa shape index (κ2) is 4.05. The Hall–Kier alpha value is -0.520. The summed E-state index contributed by atoms with van der Waals surface area (Å²) in [5.74, 6) is 4.43. The van der Waals surface area contributed by atoms with E-state index in [0.717, 1.165) is 23.7 Å². The van der Waals surface area contributed by atoms with Crippen molar-refractivity contribution >= 4 is 0 Å². The maximum Gasteiger partial charge on any atom is -0.0135 e. The molecule has 0 amide bonds. The summed E-state index contributed by atoms with van der Waals surface area (Å²) in [5, 5.41) is 0. The zero-order valence-corrected chi connectivity index (χ0v) is 11.3. The molecule has 0 spiro atoms. The Bertz CT molecular complexity index is 280. The molecular weight excluding hydrogens is 192 g/mol. The molecule has 2 rings (SSSR count). The highest BCUT2D eigenvalue weighted by Gasteiger charge is 2.42. The molecule has 0 nitrogen and oxygen atoms in total. The van der Waals surface area contributed by atoms with Gasteiger partial charge in [0.05, 0.1) is 0 Å². The van der Waals surface area contributed by atoms with Crippen molar-refractivity contribution in [3.63, 3.8) is 0 Å². The lowest BCUT2D eigenvalue weighted by Gasteiger charge is -2.48. The molecular formula is C16H26. The van der Waals surface area contributed by atoms with E-state index in [-0.39, 0.29) is 0 Å². The van der Waals surface area contributed by atoms with E-state index in [9.17, 15) is 0 Å². The van der Waals surface area contributed by atoms with Gasteiger partial charge in [0.15, 0.2) is 0 Å². The number of fused-ring (bicyclic) bond motifs is 1. The van der Waals surface area contributed by atoms with Crippen LogP contribution in [0, 0.1) is 35.5 Å². The van der Waals surface area contributed by atoms with Crippen LogP contribution in [0.25, 0.3) is 0 Å². The highest BCUT2D eigenvalue weighted by atomic mass is 14.5. The third-order valence-electron chi connectivity index (χ3n) is 5.58. The lowest BCUT2D eigenvalue weighted by molar-refractivity contribution is 0.137. The van der Waals surface area contributed by atoms with Crippen molar-refractivity contribution < 1.29 is 0 Å². The van der Waals surface area contributed by atoms with E-state index in [2.05, 4.69) is 40.9 Å². The van der Waals surface area contributed by atoms with Crippen molar-refractivity contribution in [1.82, 2.24) is 0 Å². The quantitative estimate of drug-likeness (QED) is 0.518. The molecule has 2 saturated carbocycles. The minimum absolute atomic E-state index is 0.634. The predicted octanol–water partition coefficient (Wildman–Crippen LogP) is 4.68. The molecule has 0 N–H and O–H groups in total. The lowest BCUT2D eigenvalue weighted by Crippen LogP contribution is -2.39. The summed E-state index contributed by atoms with van der Waals surface area (Å²) in [6.45, 7) is 18.2. The van der Waals surface area contributed by atoms with Gasteiger partial charge < -0.3 is 0 Å². The first-order chi connectivity index (χ1) is 7.43. The van der Waals surface area contributed by atoms with Crippen molar-refractivity contribution in [2.24, 2.45) is 35.5 Å². The van der Waals surface area contributed by atoms with Crippen LogP contribution in [0.4, 0.5) is 0 Å². The molecule has 0 aromatic carbocycles. The van der Waals surface area contributed by atoms with Gasteiger partial charge in [0.2, 0.25) is 0 Å². The molecule has 0 radical (unpaired) electrons. The van der Waals surface area contributed by atoms with Crippen LogP contribution < -0.4 is 0 Å². The summed E-state index contributed by atoms with van der Waals surface area (Å²) in [4.78, 5) is 0. The standard InChI is InChI=1S/C16H26/c1-9-7-15-13(5)11(3)12(4)14(6)16(15)8-10(9)2/h9-12,15-16H,5-8H2,1-4H3. The van der Waals surface area contributed by atoms with E-state index in [0.29, 0.717) is 11.8 Å². The van der Waals surface area contributed by atoms with Crippen LogP contribution in [-0.4, -0.2) is 0 Å². The molecule has 0 saturated heterocycles. The third-order valence-corrected chi connectivity index (χ3v) is 5.58. The van der Waals surface area contributed by atoms with Gasteiger partial charge in [-0.05, 0) is 48.3 Å². The highest BCUT2D eigenvalue weighted by Crippen LogP contribution is 2.52. The predicted molar refractivity (Wildman–Crippen MR) is 71.2 cm³/mol. The fourth-order valence-corrected chi connectivity index (χ4v) is 3.73. The number of allylic oxidation sites excluding steroid dienone is 2. The van der Waals surface area contributed by atoms with Gasteiger partial charge in [-0.25, -0.2) is 0 Å². The van der Waals surface area contributed by atoms with Crippen LogP contribution in [0.15, 0.2) is 24.3 Å². The van der Waals surface area contributed by atoms with Crippen LogP contribution in [-0.2, 0) is 0 Å². The van der Waals surface area contributed by atoms with E-state index in [1.807, 2.05) is 0 Å². The van der Waals surface area contributed by atoms with Crippen molar-refractivity contribution in [3.05, 3.63) is 24.3 Å². The molecule has 16 heavy (non-hydrogen) atoms. The second-order valence-corrected chi connectivity index (χ2v) is 6.37. The summed E-state index contributed by atoms with van der Waals surface area (Å²) in [6, 6.07) is 0. The van der Waals surface area contributed by atoms with E-state index in [1.54, 1.807) is 0 Å². The van der Waals surface area contributed by atoms with Crippen LogP contribution >= 0.6 is 0 Å². The smallest absolute Gasteiger partial charge is 0.0135 e. The Balaban J connectivity index is 2.26. The monoisotopic (exact) mass is 218 g/mol. The third kappa shape index (κ3) is 1.67. The van der Waals surface area contributed by atoms with Crippen LogP contribution in [0.1, 0.15) is 40.5 Å². The molecule has 2 fully saturated rings. The summed E-state index contributed by atoms with van der Waals surface area (Å²) < 4.78 is 0. The maximum atomic E-state index is 4.38. The van der Waals surface area contributed by atoms with Gasteiger partial charge >= 0.3 is 0 Å². The van der Waals surface area contributed by atoms with Crippen LogP contribution in [0.2, 0.25) is 0 Å². The van der Waals surface area contributed by atoms with E-state index in [4.69, 9.17) is 0 Å². The number of hydrogen-bond acceptors (Lipinski definition) is 0. The zero-order chi connectivity index (χ0) is 12.0. The van der Waals surface area contributed by atoms with Crippen LogP contribution in [0.3, 0.4) is 0 Å². The van der Waals surface area contributed by atoms with E-state index in [1.165, 1.54) is 24.0 Å². The molecule has 0 aromatic rings. The highest BCUT2D eigenvalue weighted by molar-refractivity contribution is 5.25. The Labute approximate surface area is 101 Å². The van der Waals surface area contributed by atoms with Gasteiger partial charge in [0.1, 0.15) is 0 Å². The van der Waals surface area contributed by atoms with Crippen molar-refractivity contribution in [3.8, 4) is 0 Å². The maximum absolute atomic E-state index is 4.38. The Morgan fingerprint density at radius 2 is 1.06 bits per heavy atom. The molecule has 6 atom stereocenters. The average molecular weight is 218 g/mol. The molecule has 0 heteroatoms. The molecule has 0 heterocycles. The van der Waals surface area contributed by atoms with Gasteiger partial charge in [-0.15, -0.1) is 0 Å². The average Bonchev–Trinajstić information content (AvgIpc) is 2.26. The SMILES string of the molecule is C=C1C(C)C(C)C(=C)C2CC(C)C(C)CC12. The summed E-state index contributed by atoms with van der Waals surface area (Å²) in [7, 11) is 0. The number of hydrogen-bond donors (Lipinski definition) is 0. The summed E-state index contributed by atoms with van der Waals surface area (Å²) in [5.41, 5.74) is 3.01. The minimum atomic E-state index is 0.634. The zero-order valence-electron chi connectivity index (χ0n) is 11.3. The molecule has 0 bridgehead atoms. The molecule has 6 unspecified atom stereocenters. The minimum Gasteiger partial charge on any atom is -0.0993 e. The van der Waals surface area contributed by atoms with E-state index < -0.39 is 0 Å². The van der Waals surface area contributed by atoms with Gasteiger partial charge in [-0.3, -0.25) is 0 Å². The summed E-state index contributed by atoms with van der Waals surface area (Å²) in [6.07, 6.45) is 2.67. The van der Waals surface area contributed by atoms with E-state index >= 15 is 0 Å². The van der Waals surface area contributed by atoms with Crippen LogP contribution in [0.5, 0.6) is 0 Å². The van der Waals surface area contributed by atoms with Gasteiger partial charge in [-0.1, -0.05) is 52.0 Å². The molecule has 2 aliphatic rings. The summed E-state index contributed by atoms with van der Waals surface area (Å²) >= 11 is 0. The first kappa shape index (κ1) is 12.0. The van der Waals surface area contributed by atoms with Gasteiger partial charge in [0.25, 0.3) is 0 Å². The van der Waals surface area contributed by atoms with Gasteiger partial charge in [0, 0.05) is 0 Å². The number of rotatable bonds is 0. The second-order valence-electron chi connectivity index (χ2n) is 6.37. The topological polar surface area (TPSA) is 0 Å². The van der Waals surface area contributed by atoms with Crippen molar-refractivity contribution in [2.75, 3.05) is 0 Å². The molecule has 0 aromatic heterocycles. The molecule has 90 valence electrons. The first-order valence-corrected chi connectivity index (χ1v) is 6.80. The van der Waals surface area contributed by atoms with Crippen molar-refractivity contribution in [1.29, 1.82) is 0 Å². The Morgan fingerprint density at radius 1 is 0.750 bits per heavy atom. The van der Waals surface area contributed by atoms with Crippen molar-refractivity contribution in [2.45, 2.75) is 40.5 Å². The Kier molecular flexibility index (Phi) is 3.03. The fraction of sp³-hybridized carbons (Fsp3) is 0.750. The Morgan fingerprint density at radius 3 is 1.38 bits per heavy atom. The normalized spacial score (nSPS) is 49.0. The van der Waals surface area contributed by atoms with Gasteiger partial charge in [-0.2, -0.15) is 0 Å².